The van der Waals surface area contributed by atoms with Crippen LogP contribution in [-0.2, 0) is 0 Å². The van der Waals surface area contributed by atoms with E-state index in [0.717, 1.165) is 10.0 Å². The molecule has 2 nitrogen and oxygen atoms in total. The van der Waals surface area contributed by atoms with E-state index in [1.54, 1.807) is 18.2 Å². The van der Waals surface area contributed by atoms with Crippen molar-refractivity contribution in [1.29, 1.82) is 0 Å². The van der Waals surface area contributed by atoms with Gasteiger partial charge in [0.2, 0.25) is 5.78 Å². The van der Waals surface area contributed by atoms with Gasteiger partial charge in [-0.1, -0.05) is 34.0 Å². The molecule has 0 N–H and O–H groups in total. The smallest absolute Gasteiger partial charge is 0.239 e. The van der Waals surface area contributed by atoms with Crippen LogP contribution in [0.15, 0.2) is 53.0 Å². The second kappa shape index (κ2) is 6.21. The van der Waals surface area contributed by atoms with Crippen LogP contribution < -0.4 is 4.74 Å². The summed E-state index contributed by atoms with van der Waals surface area (Å²) in [5, 5.41) is 0. The maximum absolute atomic E-state index is 12.0. The lowest BCUT2D eigenvalue weighted by atomic mass is 10.1. The number of para-hydroxylation sites is 1. The molecule has 2 aromatic rings. The van der Waals surface area contributed by atoms with Gasteiger partial charge in [0.15, 0.2) is 0 Å². The Bertz CT molecular complexity index is 648. The van der Waals surface area contributed by atoms with Crippen molar-refractivity contribution in [3.63, 3.8) is 0 Å². The number of hydrogen-bond donors (Lipinski definition) is 0. The Morgan fingerprint density at radius 2 is 1.79 bits per heavy atom. The zero-order valence-corrected chi connectivity index (χ0v) is 11.9. The van der Waals surface area contributed by atoms with Gasteiger partial charge in [-0.2, -0.15) is 0 Å². The van der Waals surface area contributed by atoms with E-state index >= 15 is 0 Å². The number of methoxy groups -OCH3 is 1. The fraction of sp³-hybridized carbons (Fsp3) is 0.0625. The number of Topliss-reactive ketones (excluding diaryl/α,β-unsaturated/α-hetero) is 1. The van der Waals surface area contributed by atoms with Gasteiger partial charge < -0.3 is 4.74 Å². The number of benzene rings is 2. The van der Waals surface area contributed by atoms with Crippen LogP contribution in [0, 0.1) is 11.8 Å². The number of ketones is 1. The Balaban J connectivity index is 2.24. The molecule has 0 aliphatic rings. The van der Waals surface area contributed by atoms with Gasteiger partial charge in [-0.15, -0.1) is 0 Å². The number of ether oxygens (including phenoxy) is 1. The number of rotatable bonds is 2. The fourth-order valence-corrected chi connectivity index (χ4v) is 1.83. The molecule has 0 radical (unpaired) electrons. The van der Waals surface area contributed by atoms with E-state index in [1.165, 1.54) is 7.11 Å². The molecule has 0 spiro atoms. The molecule has 3 heteroatoms. The van der Waals surface area contributed by atoms with Gasteiger partial charge >= 0.3 is 0 Å². The first-order valence-electron chi connectivity index (χ1n) is 5.65. The number of halogens is 1. The van der Waals surface area contributed by atoms with Gasteiger partial charge in [0, 0.05) is 10.0 Å². The number of carbonyl (C=O) groups is 1. The molecule has 0 saturated heterocycles. The highest BCUT2D eigenvalue weighted by molar-refractivity contribution is 9.10. The SMILES string of the molecule is COc1ccccc1C(=O)C#Cc1ccc(Br)cc1. The molecule has 94 valence electrons. The molecular formula is C16H11BrO2. The summed E-state index contributed by atoms with van der Waals surface area (Å²) in [5.74, 6) is 5.76. The minimum absolute atomic E-state index is 0.250. The van der Waals surface area contributed by atoms with Crippen LogP contribution >= 0.6 is 15.9 Å². The molecule has 0 aliphatic carbocycles. The predicted molar refractivity (Wildman–Crippen MR) is 78.3 cm³/mol. The Morgan fingerprint density at radius 3 is 2.47 bits per heavy atom. The van der Waals surface area contributed by atoms with Crippen molar-refractivity contribution in [2.24, 2.45) is 0 Å². The largest absolute Gasteiger partial charge is 0.496 e. The second-order valence-corrected chi connectivity index (χ2v) is 4.70. The van der Waals surface area contributed by atoms with E-state index in [9.17, 15) is 4.79 Å². The first-order chi connectivity index (χ1) is 9.20. The monoisotopic (exact) mass is 314 g/mol. The summed E-state index contributed by atoms with van der Waals surface area (Å²) < 4.78 is 6.12. The Morgan fingerprint density at radius 1 is 1.11 bits per heavy atom. The molecule has 0 heterocycles. The van der Waals surface area contributed by atoms with E-state index in [-0.39, 0.29) is 5.78 Å². The van der Waals surface area contributed by atoms with Crippen molar-refractivity contribution in [3.8, 4) is 17.6 Å². The van der Waals surface area contributed by atoms with Gasteiger partial charge in [0.05, 0.1) is 12.7 Å². The Kier molecular flexibility index (Phi) is 4.38. The van der Waals surface area contributed by atoms with Crippen LogP contribution in [-0.4, -0.2) is 12.9 Å². The predicted octanol–water partition coefficient (Wildman–Crippen LogP) is 3.69. The maximum atomic E-state index is 12.0. The Labute approximate surface area is 120 Å². The van der Waals surface area contributed by atoms with Crippen molar-refractivity contribution in [2.75, 3.05) is 7.11 Å². The van der Waals surface area contributed by atoms with Crippen molar-refractivity contribution >= 4 is 21.7 Å². The first kappa shape index (κ1) is 13.4. The minimum atomic E-state index is -0.250. The fourth-order valence-electron chi connectivity index (χ4n) is 1.56. The van der Waals surface area contributed by atoms with Crippen molar-refractivity contribution in [1.82, 2.24) is 0 Å². The van der Waals surface area contributed by atoms with E-state index in [4.69, 9.17) is 4.74 Å². The summed E-state index contributed by atoms with van der Waals surface area (Å²) in [5.41, 5.74) is 1.28. The minimum Gasteiger partial charge on any atom is -0.496 e. The third-order valence-electron chi connectivity index (χ3n) is 2.52. The molecule has 0 atom stereocenters. The number of hydrogen-bond acceptors (Lipinski definition) is 2. The molecule has 0 fully saturated rings. The number of carbonyl (C=O) groups excluding carboxylic acids is 1. The summed E-state index contributed by atoms with van der Waals surface area (Å²) in [6.07, 6.45) is 0. The molecule has 19 heavy (non-hydrogen) atoms. The average Bonchev–Trinajstić information content (AvgIpc) is 2.46. The van der Waals surface area contributed by atoms with Gasteiger partial charge in [-0.25, -0.2) is 0 Å². The lowest BCUT2D eigenvalue weighted by Gasteiger charge is -2.02. The standard InChI is InChI=1S/C16H11BrO2/c1-19-16-5-3-2-4-14(16)15(18)11-8-12-6-9-13(17)10-7-12/h2-7,9-10H,1H3. The first-order valence-corrected chi connectivity index (χ1v) is 6.45. The highest BCUT2D eigenvalue weighted by Gasteiger charge is 2.08. The molecule has 0 bridgehead atoms. The Hall–Kier alpha value is -2.05. The van der Waals surface area contributed by atoms with E-state index in [0.29, 0.717) is 11.3 Å². The zero-order valence-electron chi connectivity index (χ0n) is 10.3. The van der Waals surface area contributed by atoms with Crippen LogP contribution in [0.25, 0.3) is 0 Å². The molecule has 2 rings (SSSR count). The normalized spacial score (nSPS) is 9.37. The summed E-state index contributed by atoms with van der Waals surface area (Å²) in [7, 11) is 1.54. The van der Waals surface area contributed by atoms with Crippen LogP contribution in [0.2, 0.25) is 0 Å². The highest BCUT2D eigenvalue weighted by atomic mass is 79.9. The van der Waals surface area contributed by atoms with Gasteiger partial charge in [-0.05, 0) is 42.3 Å². The summed E-state index contributed by atoms with van der Waals surface area (Å²) in [4.78, 5) is 12.0. The lowest BCUT2D eigenvalue weighted by molar-refractivity contribution is 0.105. The topological polar surface area (TPSA) is 26.3 Å². The summed E-state index contributed by atoms with van der Waals surface area (Å²) >= 11 is 3.35. The van der Waals surface area contributed by atoms with Crippen LogP contribution in [0.5, 0.6) is 5.75 Å². The van der Waals surface area contributed by atoms with Crippen LogP contribution in [0.4, 0.5) is 0 Å². The maximum Gasteiger partial charge on any atom is 0.239 e. The van der Waals surface area contributed by atoms with Crippen molar-refractivity contribution < 1.29 is 9.53 Å². The zero-order chi connectivity index (χ0) is 13.7. The van der Waals surface area contributed by atoms with Gasteiger partial charge in [-0.3, -0.25) is 4.79 Å². The van der Waals surface area contributed by atoms with E-state index in [2.05, 4.69) is 27.8 Å². The highest BCUT2D eigenvalue weighted by Crippen LogP contribution is 2.17. The van der Waals surface area contributed by atoms with Gasteiger partial charge in [0.1, 0.15) is 5.75 Å². The van der Waals surface area contributed by atoms with E-state index in [1.807, 2.05) is 30.3 Å². The molecule has 0 aliphatic heterocycles. The molecule has 0 unspecified atom stereocenters. The third-order valence-corrected chi connectivity index (χ3v) is 3.04. The van der Waals surface area contributed by atoms with Crippen molar-refractivity contribution in [2.45, 2.75) is 0 Å². The van der Waals surface area contributed by atoms with Gasteiger partial charge in [0.25, 0.3) is 0 Å². The summed E-state index contributed by atoms with van der Waals surface area (Å²) in [6.45, 7) is 0. The van der Waals surface area contributed by atoms with Crippen molar-refractivity contribution in [3.05, 3.63) is 64.1 Å². The molecule has 0 amide bonds. The molecule has 0 aromatic heterocycles. The second-order valence-electron chi connectivity index (χ2n) is 3.79. The van der Waals surface area contributed by atoms with Crippen LogP contribution in [0.3, 0.4) is 0 Å². The molecule has 0 saturated carbocycles. The summed E-state index contributed by atoms with van der Waals surface area (Å²) in [6, 6.07) is 14.5. The quantitative estimate of drug-likeness (QED) is 0.624. The third kappa shape index (κ3) is 3.46. The lowest BCUT2D eigenvalue weighted by Crippen LogP contribution is -1.98. The average molecular weight is 315 g/mol. The van der Waals surface area contributed by atoms with E-state index < -0.39 is 0 Å². The molecular weight excluding hydrogens is 304 g/mol. The van der Waals surface area contributed by atoms with Crippen LogP contribution in [0.1, 0.15) is 15.9 Å². The molecule has 2 aromatic carbocycles.